The van der Waals surface area contributed by atoms with E-state index in [0.29, 0.717) is 11.1 Å². The van der Waals surface area contributed by atoms with E-state index in [2.05, 4.69) is 15.9 Å². The standard InChI is InChI=1S/C15H12BrFO/c1-9-3-4-14(16)13(7-9)15(18)11-5-10(2)6-12(17)8-11/h3-8H,1-2H3. The number of halogens is 2. The molecule has 0 fully saturated rings. The van der Waals surface area contributed by atoms with Gasteiger partial charge in [-0.15, -0.1) is 0 Å². The lowest BCUT2D eigenvalue weighted by Gasteiger charge is -2.06. The molecule has 0 atom stereocenters. The highest BCUT2D eigenvalue weighted by Crippen LogP contribution is 2.22. The van der Waals surface area contributed by atoms with E-state index in [4.69, 9.17) is 0 Å². The van der Waals surface area contributed by atoms with Gasteiger partial charge in [0.2, 0.25) is 0 Å². The predicted octanol–water partition coefficient (Wildman–Crippen LogP) is 4.44. The smallest absolute Gasteiger partial charge is 0.194 e. The number of carbonyl (C=O) groups excluding carboxylic acids is 1. The van der Waals surface area contributed by atoms with Crippen LogP contribution in [-0.4, -0.2) is 5.78 Å². The van der Waals surface area contributed by atoms with Gasteiger partial charge in [-0.05, 0) is 49.7 Å². The van der Waals surface area contributed by atoms with Crippen LogP contribution in [0.5, 0.6) is 0 Å². The van der Waals surface area contributed by atoms with Crippen LogP contribution >= 0.6 is 15.9 Å². The number of ketones is 1. The molecule has 0 N–H and O–H groups in total. The van der Waals surface area contributed by atoms with E-state index >= 15 is 0 Å². The van der Waals surface area contributed by atoms with Crippen molar-refractivity contribution in [2.45, 2.75) is 13.8 Å². The molecule has 2 aromatic carbocycles. The molecule has 2 rings (SSSR count). The van der Waals surface area contributed by atoms with Gasteiger partial charge in [0.1, 0.15) is 5.82 Å². The van der Waals surface area contributed by atoms with Crippen LogP contribution in [-0.2, 0) is 0 Å². The molecule has 2 aromatic rings. The molecule has 0 aliphatic rings. The Morgan fingerprint density at radius 2 is 1.78 bits per heavy atom. The molecule has 0 saturated carbocycles. The summed E-state index contributed by atoms with van der Waals surface area (Å²) in [6.45, 7) is 3.69. The topological polar surface area (TPSA) is 17.1 Å². The summed E-state index contributed by atoms with van der Waals surface area (Å²) in [6, 6.07) is 9.91. The van der Waals surface area contributed by atoms with Gasteiger partial charge >= 0.3 is 0 Å². The van der Waals surface area contributed by atoms with E-state index in [-0.39, 0.29) is 11.6 Å². The van der Waals surface area contributed by atoms with Crippen molar-refractivity contribution in [2.75, 3.05) is 0 Å². The minimum Gasteiger partial charge on any atom is -0.289 e. The number of carbonyl (C=O) groups is 1. The van der Waals surface area contributed by atoms with Gasteiger partial charge < -0.3 is 0 Å². The van der Waals surface area contributed by atoms with Gasteiger partial charge in [-0.25, -0.2) is 4.39 Å². The van der Waals surface area contributed by atoms with E-state index in [1.807, 2.05) is 19.1 Å². The molecule has 0 radical (unpaired) electrons. The zero-order valence-electron chi connectivity index (χ0n) is 10.1. The normalized spacial score (nSPS) is 10.4. The molecule has 0 heterocycles. The number of benzene rings is 2. The van der Waals surface area contributed by atoms with Crippen molar-refractivity contribution in [3.8, 4) is 0 Å². The molecular formula is C15H12BrFO. The van der Waals surface area contributed by atoms with Gasteiger partial charge in [-0.2, -0.15) is 0 Å². The molecular weight excluding hydrogens is 295 g/mol. The van der Waals surface area contributed by atoms with Crippen molar-refractivity contribution in [1.82, 2.24) is 0 Å². The van der Waals surface area contributed by atoms with Gasteiger partial charge in [0.05, 0.1) is 0 Å². The monoisotopic (exact) mass is 306 g/mol. The van der Waals surface area contributed by atoms with Crippen LogP contribution in [0, 0.1) is 19.7 Å². The van der Waals surface area contributed by atoms with E-state index < -0.39 is 0 Å². The Morgan fingerprint density at radius 3 is 2.44 bits per heavy atom. The lowest BCUT2D eigenvalue weighted by atomic mass is 10.0. The van der Waals surface area contributed by atoms with Crippen LogP contribution in [0.3, 0.4) is 0 Å². The molecule has 18 heavy (non-hydrogen) atoms. The summed E-state index contributed by atoms with van der Waals surface area (Å²) >= 11 is 3.35. The second kappa shape index (κ2) is 5.02. The summed E-state index contributed by atoms with van der Waals surface area (Å²) in [6.07, 6.45) is 0. The van der Waals surface area contributed by atoms with Crippen LogP contribution in [0.2, 0.25) is 0 Å². The second-order valence-corrected chi connectivity index (χ2v) is 5.18. The third-order valence-electron chi connectivity index (χ3n) is 2.67. The Balaban J connectivity index is 2.51. The average molecular weight is 307 g/mol. The van der Waals surface area contributed by atoms with Crippen molar-refractivity contribution in [3.05, 3.63) is 68.9 Å². The largest absolute Gasteiger partial charge is 0.289 e. The van der Waals surface area contributed by atoms with Crippen molar-refractivity contribution in [1.29, 1.82) is 0 Å². The summed E-state index contributed by atoms with van der Waals surface area (Å²) in [4.78, 5) is 12.3. The van der Waals surface area contributed by atoms with Gasteiger partial charge in [-0.1, -0.05) is 27.6 Å². The highest BCUT2D eigenvalue weighted by molar-refractivity contribution is 9.10. The number of hydrogen-bond donors (Lipinski definition) is 0. The number of rotatable bonds is 2. The van der Waals surface area contributed by atoms with E-state index in [1.165, 1.54) is 12.1 Å². The first-order chi connectivity index (χ1) is 8.47. The van der Waals surface area contributed by atoms with Crippen molar-refractivity contribution in [2.24, 2.45) is 0 Å². The van der Waals surface area contributed by atoms with Crippen molar-refractivity contribution < 1.29 is 9.18 Å². The van der Waals surface area contributed by atoms with Crippen LogP contribution in [0.1, 0.15) is 27.0 Å². The Morgan fingerprint density at radius 1 is 1.06 bits per heavy atom. The van der Waals surface area contributed by atoms with Gasteiger partial charge in [0, 0.05) is 15.6 Å². The maximum Gasteiger partial charge on any atom is 0.194 e. The van der Waals surface area contributed by atoms with Gasteiger partial charge in [-0.3, -0.25) is 4.79 Å². The highest BCUT2D eigenvalue weighted by atomic mass is 79.9. The fourth-order valence-electron chi connectivity index (χ4n) is 1.84. The lowest BCUT2D eigenvalue weighted by molar-refractivity contribution is 0.103. The summed E-state index contributed by atoms with van der Waals surface area (Å²) in [5, 5.41) is 0. The molecule has 0 aliphatic carbocycles. The minimum atomic E-state index is -0.387. The SMILES string of the molecule is Cc1cc(F)cc(C(=O)c2cc(C)ccc2Br)c1. The fraction of sp³-hybridized carbons (Fsp3) is 0.133. The first-order valence-corrected chi connectivity index (χ1v) is 6.35. The van der Waals surface area contributed by atoms with Crippen LogP contribution < -0.4 is 0 Å². The molecule has 0 aliphatic heterocycles. The first kappa shape index (κ1) is 13.0. The van der Waals surface area contributed by atoms with E-state index in [0.717, 1.165) is 15.6 Å². The number of aryl methyl sites for hydroxylation is 2. The molecule has 0 amide bonds. The summed E-state index contributed by atoms with van der Waals surface area (Å²) < 4.78 is 14.0. The molecule has 0 saturated heterocycles. The molecule has 0 unspecified atom stereocenters. The summed E-state index contributed by atoms with van der Waals surface area (Å²) in [5.74, 6) is -0.560. The molecule has 0 aromatic heterocycles. The summed E-state index contributed by atoms with van der Waals surface area (Å²) in [7, 11) is 0. The van der Waals surface area contributed by atoms with Gasteiger partial charge in [0.25, 0.3) is 0 Å². The second-order valence-electron chi connectivity index (χ2n) is 4.33. The van der Waals surface area contributed by atoms with E-state index in [9.17, 15) is 9.18 Å². The molecule has 0 spiro atoms. The third kappa shape index (κ3) is 2.67. The average Bonchev–Trinajstić information content (AvgIpc) is 2.30. The molecule has 92 valence electrons. The zero-order chi connectivity index (χ0) is 13.3. The molecule has 0 bridgehead atoms. The quantitative estimate of drug-likeness (QED) is 0.750. The molecule has 1 nitrogen and oxygen atoms in total. The lowest BCUT2D eigenvalue weighted by Crippen LogP contribution is -2.04. The number of hydrogen-bond acceptors (Lipinski definition) is 1. The maximum absolute atomic E-state index is 13.3. The maximum atomic E-state index is 13.3. The minimum absolute atomic E-state index is 0.173. The Bertz CT molecular complexity index is 600. The Kier molecular flexibility index (Phi) is 3.62. The van der Waals surface area contributed by atoms with Crippen LogP contribution in [0.25, 0.3) is 0 Å². The predicted molar refractivity (Wildman–Crippen MR) is 73.4 cm³/mol. The highest BCUT2D eigenvalue weighted by Gasteiger charge is 2.14. The Hall–Kier alpha value is -1.48. The fourth-order valence-corrected chi connectivity index (χ4v) is 2.26. The van der Waals surface area contributed by atoms with Crippen molar-refractivity contribution in [3.63, 3.8) is 0 Å². The third-order valence-corrected chi connectivity index (χ3v) is 3.36. The molecule has 3 heteroatoms. The first-order valence-electron chi connectivity index (χ1n) is 5.55. The summed E-state index contributed by atoms with van der Waals surface area (Å²) in [5.41, 5.74) is 2.66. The van der Waals surface area contributed by atoms with Crippen LogP contribution in [0.15, 0.2) is 40.9 Å². The van der Waals surface area contributed by atoms with E-state index in [1.54, 1.807) is 19.1 Å². The zero-order valence-corrected chi connectivity index (χ0v) is 11.7. The van der Waals surface area contributed by atoms with Gasteiger partial charge in [0.15, 0.2) is 5.78 Å². The Labute approximate surface area is 114 Å². The van der Waals surface area contributed by atoms with Crippen LogP contribution in [0.4, 0.5) is 4.39 Å². The van der Waals surface area contributed by atoms with Crippen molar-refractivity contribution >= 4 is 21.7 Å².